The highest BCUT2D eigenvalue weighted by Crippen LogP contribution is 2.36. The Hall–Kier alpha value is 0.950. The number of hydrogen-bond donors (Lipinski definition) is 1. The Morgan fingerprint density at radius 3 is 2.15 bits per heavy atom. The predicted molar refractivity (Wildman–Crippen MR) is 81.1 cm³/mol. The topological polar surface area (TPSA) is 20.2 Å². The van der Waals surface area contributed by atoms with Crippen LogP contribution in [0.25, 0.3) is 6.08 Å². The second-order valence-electron chi connectivity index (χ2n) is 2.53. The van der Waals surface area contributed by atoms with Crippen molar-refractivity contribution in [3.8, 4) is 5.75 Å². The average molecular weight is 512 g/mol. The molecule has 0 aliphatic heterocycles. The van der Waals surface area contributed by atoms with E-state index in [2.05, 4.69) is 74.4 Å². The molecule has 0 aliphatic carbocycles. The number of halogens is 3. The van der Waals surface area contributed by atoms with Crippen LogP contribution in [-0.2, 0) is 0 Å². The molecule has 0 unspecified atom stereocenters. The van der Waals surface area contributed by atoms with E-state index in [9.17, 15) is 5.11 Å². The highest BCUT2D eigenvalue weighted by atomic mass is 127. The molecule has 0 aliphatic rings. The van der Waals surface area contributed by atoms with Crippen LogP contribution >= 0.6 is 67.8 Å². The van der Waals surface area contributed by atoms with Gasteiger partial charge in [-0.2, -0.15) is 0 Å². The van der Waals surface area contributed by atoms with Crippen LogP contribution < -0.4 is 0 Å². The minimum Gasteiger partial charge on any atom is -0.506 e. The molecule has 0 aromatic heterocycles. The maximum Gasteiger partial charge on any atom is 0.143 e. The largest absolute Gasteiger partial charge is 0.506 e. The molecule has 13 heavy (non-hydrogen) atoms. The second-order valence-corrected chi connectivity index (χ2v) is 5.77. The van der Waals surface area contributed by atoms with Gasteiger partial charge in [0.25, 0.3) is 0 Å². The summed E-state index contributed by atoms with van der Waals surface area (Å²) in [5, 5.41) is 9.76. The SMILES string of the molecule is C=Cc1c(I)c(C)c(I)c(O)c1I. The van der Waals surface area contributed by atoms with Crippen LogP contribution in [-0.4, -0.2) is 5.11 Å². The first kappa shape index (κ1) is 12.0. The molecule has 1 aromatic carbocycles. The molecule has 0 amide bonds. The van der Waals surface area contributed by atoms with E-state index in [4.69, 9.17) is 0 Å². The Morgan fingerprint density at radius 1 is 1.15 bits per heavy atom. The summed E-state index contributed by atoms with van der Waals surface area (Å²) in [7, 11) is 0. The summed E-state index contributed by atoms with van der Waals surface area (Å²) in [5.41, 5.74) is 2.14. The first-order valence-electron chi connectivity index (χ1n) is 3.49. The monoisotopic (exact) mass is 512 g/mol. The Labute approximate surface area is 118 Å². The molecule has 0 heterocycles. The third-order valence-corrected chi connectivity index (χ3v) is 5.55. The highest BCUT2D eigenvalue weighted by Gasteiger charge is 2.14. The van der Waals surface area contributed by atoms with Gasteiger partial charge in [-0.3, -0.25) is 0 Å². The molecule has 1 nitrogen and oxygen atoms in total. The van der Waals surface area contributed by atoms with Crippen molar-refractivity contribution in [1.29, 1.82) is 0 Å². The number of aromatic hydroxyl groups is 1. The summed E-state index contributed by atoms with van der Waals surface area (Å²) < 4.78 is 2.98. The lowest BCUT2D eigenvalue weighted by molar-refractivity contribution is 0.466. The van der Waals surface area contributed by atoms with E-state index < -0.39 is 0 Å². The third kappa shape index (κ3) is 2.14. The first-order chi connectivity index (χ1) is 6.00. The van der Waals surface area contributed by atoms with Gasteiger partial charge in [-0.1, -0.05) is 12.7 Å². The van der Waals surface area contributed by atoms with Crippen LogP contribution in [0.4, 0.5) is 0 Å². The zero-order valence-electron chi connectivity index (χ0n) is 6.87. The van der Waals surface area contributed by atoms with Crippen LogP contribution in [0, 0.1) is 17.6 Å². The number of rotatable bonds is 1. The lowest BCUT2D eigenvalue weighted by atomic mass is 10.1. The normalized spacial score (nSPS) is 10.2. The molecule has 1 aromatic rings. The van der Waals surface area contributed by atoms with Gasteiger partial charge in [-0.15, -0.1) is 0 Å². The summed E-state index contributed by atoms with van der Waals surface area (Å²) in [6, 6.07) is 0. The number of hydrogen-bond acceptors (Lipinski definition) is 1. The van der Waals surface area contributed by atoms with Gasteiger partial charge in [-0.25, -0.2) is 0 Å². The van der Waals surface area contributed by atoms with Crippen LogP contribution in [0.3, 0.4) is 0 Å². The predicted octanol–water partition coefficient (Wildman–Crippen LogP) is 4.16. The maximum atomic E-state index is 9.76. The molecule has 0 fully saturated rings. The van der Waals surface area contributed by atoms with Gasteiger partial charge in [0.2, 0.25) is 0 Å². The summed E-state index contributed by atoms with van der Waals surface area (Å²) in [6.07, 6.45) is 1.78. The van der Waals surface area contributed by atoms with Gasteiger partial charge in [0.15, 0.2) is 0 Å². The Balaban J connectivity index is 3.66. The minimum absolute atomic E-state index is 0.369. The van der Waals surface area contributed by atoms with Crippen molar-refractivity contribution in [2.45, 2.75) is 6.92 Å². The quantitative estimate of drug-likeness (QED) is 0.562. The molecule has 1 N–H and O–H groups in total. The Kier molecular flexibility index (Phi) is 4.30. The molecule has 0 bridgehead atoms. The fourth-order valence-corrected chi connectivity index (χ4v) is 4.58. The van der Waals surface area contributed by atoms with Crippen molar-refractivity contribution in [2.75, 3.05) is 0 Å². The highest BCUT2D eigenvalue weighted by molar-refractivity contribution is 14.1. The molecule has 4 heteroatoms. The Bertz CT molecular complexity index is 343. The number of phenolic OH excluding ortho intramolecular Hbond substituents is 1. The van der Waals surface area contributed by atoms with E-state index in [1.165, 1.54) is 3.57 Å². The van der Waals surface area contributed by atoms with Crippen molar-refractivity contribution in [3.63, 3.8) is 0 Å². The van der Waals surface area contributed by atoms with E-state index >= 15 is 0 Å². The molecular weight excluding hydrogens is 505 g/mol. The summed E-state index contributed by atoms with van der Waals surface area (Å²) in [6.45, 7) is 5.75. The van der Waals surface area contributed by atoms with Gasteiger partial charge in [-0.05, 0) is 80.3 Å². The fraction of sp³-hybridized carbons (Fsp3) is 0.111. The molecule has 70 valence electrons. The molecule has 0 radical (unpaired) electrons. The molecule has 0 saturated carbocycles. The summed E-state index contributed by atoms with van der Waals surface area (Å²) in [4.78, 5) is 0. The standard InChI is InChI=1S/C9H7I3O/c1-3-5-6(10)4(2)7(11)9(13)8(5)12/h3,13H,1H2,2H3. The van der Waals surface area contributed by atoms with Crippen LogP contribution in [0.15, 0.2) is 6.58 Å². The van der Waals surface area contributed by atoms with Gasteiger partial charge in [0.1, 0.15) is 5.75 Å². The number of phenols is 1. The van der Waals surface area contributed by atoms with Crippen LogP contribution in [0.1, 0.15) is 11.1 Å². The van der Waals surface area contributed by atoms with Crippen molar-refractivity contribution < 1.29 is 5.11 Å². The first-order valence-corrected chi connectivity index (χ1v) is 6.72. The van der Waals surface area contributed by atoms with E-state index in [0.717, 1.165) is 18.3 Å². The van der Waals surface area contributed by atoms with Crippen LogP contribution in [0.5, 0.6) is 5.75 Å². The average Bonchev–Trinajstić information content (AvgIpc) is 2.13. The van der Waals surface area contributed by atoms with Gasteiger partial charge in [0, 0.05) is 9.13 Å². The fourth-order valence-electron chi connectivity index (χ4n) is 0.975. The summed E-state index contributed by atoms with van der Waals surface area (Å²) in [5.74, 6) is 0.369. The zero-order valence-corrected chi connectivity index (χ0v) is 13.3. The van der Waals surface area contributed by atoms with Crippen molar-refractivity contribution >= 4 is 73.8 Å². The van der Waals surface area contributed by atoms with E-state index in [1.807, 2.05) is 6.92 Å². The molecular formula is C9H7I3O. The minimum atomic E-state index is 0.369. The lowest BCUT2D eigenvalue weighted by Crippen LogP contribution is -1.95. The van der Waals surface area contributed by atoms with Gasteiger partial charge < -0.3 is 5.11 Å². The second kappa shape index (κ2) is 4.65. The molecule has 1 rings (SSSR count). The van der Waals surface area contributed by atoms with Crippen molar-refractivity contribution in [1.82, 2.24) is 0 Å². The summed E-state index contributed by atoms with van der Waals surface area (Å²) >= 11 is 6.58. The maximum absolute atomic E-state index is 9.76. The zero-order chi connectivity index (χ0) is 10.2. The van der Waals surface area contributed by atoms with Gasteiger partial charge in [0.05, 0.1) is 7.14 Å². The van der Waals surface area contributed by atoms with E-state index in [0.29, 0.717) is 5.75 Å². The van der Waals surface area contributed by atoms with Gasteiger partial charge >= 0.3 is 0 Å². The smallest absolute Gasteiger partial charge is 0.143 e. The Morgan fingerprint density at radius 2 is 1.69 bits per heavy atom. The van der Waals surface area contributed by atoms with E-state index in [1.54, 1.807) is 6.08 Å². The van der Waals surface area contributed by atoms with Crippen molar-refractivity contribution in [2.24, 2.45) is 0 Å². The lowest BCUT2D eigenvalue weighted by Gasteiger charge is -2.11. The third-order valence-electron chi connectivity index (χ3n) is 1.75. The number of benzene rings is 1. The molecule has 0 atom stereocenters. The van der Waals surface area contributed by atoms with Crippen LogP contribution in [0.2, 0.25) is 0 Å². The van der Waals surface area contributed by atoms with E-state index in [-0.39, 0.29) is 0 Å². The molecule has 0 saturated heterocycles. The van der Waals surface area contributed by atoms with Crippen molar-refractivity contribution in [3.05, 3.63) is 28.4 Å². The molecule has 0 spiro atoms.